The summed E-state index contributed by atoms with van der Waals surface area (Å²) in [6.07, 6.45) is 1.25. The molecule has 3 heterocycles. The molecule has 0 saturated carbocycles. The molecule has 1 N–H and O–H groups in total. The molecule has 0 aliphatic heterocycles. The minimum atomic E-state index is -3.69. The van der Waals surface area contributed by atoms with Crippen molar-refractivity contribution >= 4 is 37.7 Å². The van der Waals surface area contributed by atoms with Crippen molar-refractivity contribution in [1.29, 1.82) is 0 Å². The quantitative estimate of drug-likeness (QED) is 0.445. The predicted octanol–water partition coefficient (Wildman–Crippen LogP) is 3.61. The lowest BCUT2D eigenvalue weighted by molar-refractivity contribution is 0.402. The van der Waals surface area contributed by atoms with Crippen molar-refractivity contribution < 1.29 is 13.2 Å². The van der Waals surface area contributed by atoms with E-state index >= 15 is 0 Å². The summed E-state index contributed by atoms with van der Waals surface area (Å²) in [6.45, 7) is 2.23. The Kier molecular flexibility index (Phi) is 5.68. The number of thiophene rings is 1. The van der Waals surface area contributed by atoms with E-state index in [1.54, 1.807) is 28.0 Å². The van der Waals surface area contributed by atoms with Crippen molar-refractivity contribution in [3.63, 3.8) is 0 Å². The minimum Gasteiger partial charge on any atom is -0.495 e. The number of thiazole rings is 1. The number of sulfonamides is 1. The number of hydrogen-bond donors (Lipinski definition) is 1. The van der Waals surface area contributed by atoms with E-state index in [9.17, 15) is 8.42 Å². The molecule has 0 bridgehead atoms. The zero-order chi connectivity index (χ0) is 20.4. The standard InChI is InChI=1S/C19H20N4O3S3/c1-3-13-6-7-15(26-2)17(11-13)29(24,25)20-9-8-14-12-28-19-21-18(22-23(14)19)16-5-4-10-27-16/h4-7,10-12,20H,3,8-9H2,1-2H3. The summed E-state index contributed by atoms with van der Waals surface area (Å²) in [5, 5.41) is 8.51. The van der Waals surface area contributed by atoms with Gasteiger partial charge in [-0.25, -0.2) is 17.7 Å². The van der Waals surface area contributed by atoms with Crippen LogP contribution in [-0.2, 0) is 22.9 Å². The van der Waals surface area contributed by atoms with Crippen molar-refractivity contribution in [2.24, 2.45) is 0 Å². The molecule has 0 spiro atoms. The summed E-state index contributed by atoms with van der Waals surface area (Å²) in [7, 11) is -2.22. The van der Waals surface area contributed by atoms with E-state index in [0.29, 0.717) is 18.0 Å². The Morgan fingerprint density at radius 3 is 2.83 bits per heavy atom. The highest BCUT2D eigenvalue weighted by atomic mass is 32.2. The van der Waals surface area contributed by atoms with Crippen LogP contribution in [0, 0.1) is 0 Å². The maximum absolute atomic E-state index is 12.8. The number of aryl methyl sites for hydroxylation is 1. The number of nitrogens with one attached hydrogen (secondary N) is 1. The summed E-state index contributed by atoms with van der Waals surface area (Å²) in [5.41, 5.74) is 1.85. The first-order valence-corrected chi connectivity index (χ1v) is 12.3. The smallest absolute Gasteiger partial charge is 0.244 e. The molecule has 0 radical (unpaired) electrons. The molecular formula is C19H20N4O3S3. The van der Waals surface area contributed by atoms with Gasteiger partial charge in [-0.05, 0) is 35.6 Å². The first kappa shape index (κ1) is 20.0. The first-order valence-electron chi connectivity index (χ1n) is 9.05. The monoisotopic (exact) mass is 448 g/mol. The van der Waals surface area contributed by atoms with E-state index in [4.69, 9.17) is 4.74 Å². The predicted molar refractivity (Wildman–Crippen MR) is 115 cm³/mol. The molecule has 0 fully saturated rings. The SMILES string of the molecule is CCc1ccc(OC)c(S(=O)(=O)NCCc2csc3nc(-c4cccs4)nn23)c1. The lowest BCUT2D eigenvalue weighted by Gasteiger charge is -2.12. The lowest BCUT2D eigenvalue weighted by atomic mass is 10.2. The van der Waals surface area contributed by atoms with Crippen LogP contribution in [0.5, 0.6) is 5.75 Å². The third-order valence-electron chi connectivity index (χ3n) is 4.49. The van der Waals surface area contributed by atoms with Crippen LogP contribution in [0.4, 0.5) is 0 Å². The van der Waals surface area contributed by atoms with Gasteiger partial charge in [0.05, 0.1) is 17.7 Å². The van der Waals surface area contributed by atoms with E-state index in [0.717, 1.165) is 27.5 Å². The van der Waals surface area contributed by atoms with Gasteiger partial charge in [0, 0.05) is 18.3 Å². The van der Waals surface area contributed by atoms with E-state index in [2.05, 4.69) is 14.8 Å². The minimum absolute atomic E-state index is 0.163. The fourth-order valence-electron chi connectivity index (χ4n) is 2.95. The van der Waals surface area contributed by atoms with Crippen molar-refractivity contribution in [3.8, 4) is 16.5 Å². The molecule has 0 atom stereocenters. The fourth-order valence-corrected chi connectivity index (χ4v) is 5.71. The van der Waals surface area contributed by atoms with Crippen LogP contribution in [0.15, 0.2) is 46.0 Å². The molecule has 0 saturated heterocycles. The molecule has 0 aliphatic carbocycles. The summed E-state index contributed by atoms with van der Waals surface area (Å²) < 4.78 is 35.3. The van der Waals surface area contributed by atoms with E-state index in [1.165, 1.54) is 18.4 Å². The van der Waals surface area contributed by atoms with Crippen molar-refractivity contribution in [1.82, 2.24) is 19.3 Å². The van der Waals surface area contributed by atoms with Gasteiger partial charge in [-0.3, -0.25) is 0 Å². The second-order valence-electron chi connectivity index (χ2n) is 6.32. The summed E-state index contributed by atoms with van der Waals surface area (Å²) in [6, 6.07) is 9.17. The van der Waals surface area contributed by atoms with Crippen molar-refractivity contribution in [3.05, 3.63) is 52.3 Å². The average molecular weight is 449 g/mol. The van der Waals surface area contributed by atoms with Crippen molar-refractivity contribution in [2.75, 3.05) is 13.7 Å². The largest absolute Gasteiger partial charge is 0.495 e. The molecule has 7 nitrogen and oxygen atoms in total. The van der Waals surface area contributed by atoms with Crippen LogP contribution in [0.1, 0.15) is 18.2 Å². The average Bonchev–Trinajstić information content (AvgIpc) is 3.45. The fraction of sp³-hybridized carbons (Fsp3) is 0.263. The molecule has 1 aromatic carbocycles. The highest BCUT2D eigenvalue weighted by molar-refractivity contribution is 7.89. The Morgan fingerprint density at radius 1 is 1.24 bits per heavy atom. The van der Waals surface area contributed by atoms with Crippen LogP contribution >= 0.6 is 22.7 Å². The Bertz CT molecular complexity index is 1230. The number of ether oxygens (including phenoxy) is 1. The van der Waals surface area contributed by atoms with Crippen LogP contribution in [0.25, 0.3) is 15.7 Å². The van der Waals surface area contributed by atoms with Gasteiger partial charge in [-0.15, -0.1) is 27.8 Å². The van der Waals surface area contributed by atoms with Crippen LogP contribution < -0.4 is 9.46 Å². The van der Waals surface area contributed by atoms with Gasteiger partial charge in [-0.2, -0.15) is 4.98 Å². The van der Waals surface area contributed by atoms with Gasteiger partial charge in [0.1, 0.15) is 10.6 Å². The summed E-state index contributed by atoms with van der Waals surface area (Å²) in [4.78, 5) is 6.51. The van der Waals surface area contributed by atoms with E-state index in [-0.39, 0.29) is 11.4 Å². The molecule has 4 aromatic rings. The highest BCUT2D eigenvalue weighted by Gasteiger charge is 2.20. The topological polar surface area (TPSA) is 85.6 Å². The first-order chi connectivity index (χ1) is 14.0. The zero-order valence-electron chi connectivity index (χ0n) is 16.0. The number of methoxy groups -OCH3 is 1. The normalized spacial score (nSPS) is 11.9. The zero-order valence-corrected chi connectivity index (χ0v) is 18.4. The second kappa shape index (κ2) is 8.23. The Morgan fingerprint density at radius 2 is 2.10 bits per heavy atom. The molecule has 29 heavy (non-hydrogen) atoms. The second-order valence-corrected chi connectivity index (χ2v) is 9.84. The number of benzene rings is 1. The molecule has 10 heteroatoms. The van der Waals surface area contributed by atoms with Gasteiger partial charge in [0.15, 0.2) is 5.82 Å². The maximum Gasteiger partial charge on any atom is 0.244 e. The number of nitrogens with zero attached hydrogens (tertiary/aromatic N) is 3. The van der Waals surface area contributed by atoms with Gasteiger partial charge in [0.2, 0.25) is 15.0 Å². The Hall–Kier alpha value is -2.27. The molecule has 4 rings (SSSR count). The molecular weight excluding hydrogens is 428 g/mol. The van der Waals surface area contributed by atoms with Gasteiger partial charge < -0.3 is 4.74 Å². The molecule has 0 aliphatic rings. The molecule has 0 unspecified atom stereocenters. The summed E-state index contributed by atoms with van der Waals surface area (Å²) >= 11 is 3.08. The third-order valence-corrected chi connectivity index (χ3v) is 7.70. The summed E-state index contributed by atoms with van der Waals surface area (Å²) in [5.74, 6) is 1.03. The molecule has 152 valence electrons. The number of fused-ring (bicyclic) bond motifs is 1. The lowest BCUT2D eigenvalue weighted by Crippen LogP contribution is -2.26. The van der Waals surface area contributed by atoms with Gasteiger partial charge in [0.25, 0.3) is 0 Å². The number of aromatic nitrogens is 3. The Labute approximate surface area is 177 Å². The molecule has 0 amide bonds. The highest BCUT2D eigenvalue weighted by Crippen LogP contribution is 2.26. The van der Waals surface area contributed by atoms with E-state index in [1.807, 2.05) is 35.9 Å². The maximum atomic E-state index is 12.8. The van der Waals surface area contributed by atoms with Crippen molar-refractivity contribution in [2.45, 2.75) is 24.7 Å². The van der Waals surface area contributed by atoms with Crippen LogP contribution in [0.2, 0.25) is 0 Å². The van der Waals surface area contributed by atoms with Gasteiger partial charge >= 0.3 is 0 Å². The van der Waals surface area contributed by atoms with Gasteiger partial charge in [-0.1, -0.05) is 19.1 Å². The molecule has 3 aromatic heterocycles. The van der Waals surface area contributed by atoms with E-state index < -0.39 is 10.0 Å². The number of rotatable bonds is 8. The number of hydrogen-bond acceptors (Lipinski definition) is 7. The van der Waals surface area contributed by atoms with Crippen LogP contribution in [0.3, 0.4) is 0 Å². The Balaban J connectivity index is 1.50. The van der Waals surface area contributed by atoms with Crippen LogP contribution in [-0.4, -0.2) is 36.7 Å². The third kappa shape index (κ3) is 4.06.